The Labute approximate surface area is 204 Å². The van der Waals surface area contributed by atoms with E-state index in [9.17, 15) is 15.3 Å². The van der Waals surface area contributed by atoms with Crippen molar-refractivity contribution in [2.75, 3.05) is 4.90 Å². The van der Waals surface area contributed by atoms with Gasteiger partial charge in [0.15, 0.2) is 5.78 Å². The van der Waals surface area contributed by atoms with Gasteiger partial charge in [0, 0.05) is 46.0 Å². The number of hydrogen-bond acceptors (Lipinski definition) is 3. The lowest BCUT2D eigenvalue weighted by molar-refractivity contribution is -0.116. The van der Waals surface area contributed by atoms with Crippen LogP contribution in [-0.2, 0) is 11.2 Å². The van der Waals surface area contributed by atoms with E-state index in [-0.39, 0.29) is 23.0 Å². The van der Waals surface area contributed by atoms with Crippen LogP contribution in [0, 0.1) is 11.2 Å². The Kier molecular flexibility index (Phi) is 6.08. The zero-order valence-electron chi connectivity index (χ0n) is 19.6. The number of benzene rings is 3. The lowest BCUT2D eigenvalue weighted by atomic mass is 9.73. The molecule has 0 bridgehead atoms. The molecule has 3 aromatic rings. The van der Waals surface area contributed by atoms with Gasteiger partial charge < -0.3 is 5.11 Å². The number of anilines is 1. The summed E-state index contributed by atoms with van der Waals surface area (Å²) in [6, 6.07) is 23.2. The number of halogens is 1. The van der Waals surface area contributed by atoms with E-state index in [0.717, 1.165) is 12.1 Å². The second kappa shape index (κ2) is 9.34. The minimum absolute atomic E-state index is 0.0531. The van der Waals surface area contributed by atoms with Crippen LogP contribution in [0.1, 0.15) is 48.8 Å². The highest BCUT2D eigenvalue weighted by atomic mass is 19.1. The second-order valence-corrected chi connectivity index (χ2v) is 8.92. The summed E-state index contributed by atoms with van der Waals surface area (Å²) in [5.74, 6) is -1.46. The van der Waals surface area contributed by atoms with E-state index >= 15 is 4.39 Å². The molecule has 2 aliphatic rings. The topological polar surface area (TPSA) is 64.4 Å². The number of aliphatic hydroxyl groups is 1. The normalized spacial score (nSPS) is 19.6. The van der Waals surface area contributed by atoms with Gasteiger partial charge in [-0.2, -0.15) is 0 Å². The van der Waals surface area contributed by atoms with E-state index in [4.69, 9.17) is 0 Å². The monoisotopic (exact) mass is 466 g/mol. The molecule has 0 aromatic heterocycles. The zero-order valence-corrected chi connectivity index (χ0v) is 19.6. The van der Waals surface area contributed by atoms with Crippen molar-refractivity contribution in [1.29, 1.82) is 5.41 Å². The van der Waals surface area contributed by atoms with Crippen LogP contribution >= 0.6 is 0 Å². The quantitative estimate of drug-likeness (QED) is 0.409. The van der Waals surface area contributed by atoms with E-state index in [0.29, 0.717) is 41.7 Å². The fourth-order valence-electron chi connectivity index (χ4n) is 5.13. The van der Waals surface area contributed by atoms with Gasteiger partial charge in [0.25, 0.3) is 0 Å². The second-order valence-electron chi connectivity index (χ2n) is 8.92. The minimum atomic E-state index is -0.863. The van der Waals surface area contributed by atoms with Crippen molar-refractivity contribution in [3.63, 3.8) is 0 Å². The lowest BCUT2D eigenvalue weighted by Gasteiger charge is -2.41. The predicted octanol–water partition coefficient (Wildman–Crippen LogP) is 6.95. The van der Waals surface area contributed by atoms with Crippen molar-refractivity contribution < 1.29 is 14.3 Å². The molecular formula is C30H27FN2O2. The first kappa shape index (κ1) is 22.8. The Hall–Kier alpha value is -3.99. The number of nitrogens with one attached hydrogen (secondary N) is 1. The molecule has 3 aromatic carbocycles. The number of amidine groups is 1. The first-order chi connectivity index (χ1) is 17.0. The number of aryl methyl sites for hydroxylation is 1. The van der Waals surface area contributed by atoms with Crippen LogP contribution in [0.5, 0.6) is 0 Å². The lowest BCUT2D eigenvalue weighted by Crippen LogP contribution is -2.42. The summed E-state index contributed by atoms with van der Waals surface area (Å²) in [6.07, 6.45) is 2.52. The Morgan fingerprint density at radius 3 is 2.37 bits per heavy atom. The van der Waals surface area contributed by atoms with E-state index in [2.05, 4.69) is 6.92 Å². The molecule has 1 aliphatic heterocycles. The van der Waals surface area contributed by atoms with Crippen LogP contribution in [0.15, 0.2) is 95.7 Å². The number of ketones is 1. The maximum absolute atomic E-state index is 15.2. The number of aliphatic hydroxyl groups excluding tert-OH is 1. The highest BCUT2D eigenvalue weighted by Crippen LogP contribution is 2.48. The van der Waals surface area contributed by atoms with Gasteiger partial charge in [-0.15, -0.1) is 0 Å². The highest BCUT2D eigenvalue weighted by Gasteiger charge is 2.44. The molecule has 176 valence electrons. The molecule has 35 heavy (non-hydrogen) atoms. The molecule has 0 saturated heterocycles. The van der Waals surface area contributed by atoms with Crippen molar-refractivity contribution in [3.8, 4) is 0 Å². The standard InChI is InChI=1S/C30H27FN2O2/c1-2-19-15-17-21(18-16-19)33-24-13-8-14-25(34)27(24)26(22-11-6-7-12-23(22)31)28(30(33)32)29(35)20-9-4-3-5-10-20/h3-7,9-12,15-18,26,32,35H,2,8,13-14H2,1H3/b29-28+,32-30?. The molecule has 1 heterocycles. The summed E-state index contributed by atoms with van der Waals surface area (Å²) < 4.78 is 15.2. The molecule has 0 amide bonds. The minimum Gasteiger partial charge on any atom is -0.507 e. The summed E-state index contributed by atoms with van der Waals surface area (Å²) in [7, 11) is 0. The maximum atomic E-state index is 15.2. The number of carbonyl (C=O) groups is 1. The van der Waals surface area contributed by atoms with Crippen LogP contribution in [0.2, 0.25) is 0 Å². The number of hydrogen-bond donors (Lipinski definition) is 2. The Morgan fingerprint density at radius 1 is 1.00 bits per heavy atom. The molecule has 0 fully saturated rings. The van der Waals surface area contributed by atoms with E-state index in [1.165, 1.54) is 11.6 Å². The zero-order chi connectivity index (χ0) is 24.5. The van der Waals surface area contributed by atoms with Gasteiger partial charge in [-0.05, 0) is 43.0 Å². The van der Waals surface area contributed by atoms with Crippen LogP contribution in [0.4, 0.5) is 10.1 Å². The van der Waals surface area contributed by atoms with Crippen LogP contribution in [0.3, 0.4) is 0 Å². The summed E-state index contributed by atoms with van der Waals surface area (Å²) in [6.45, 7) is 2.08. The third kappa shape index (κ3) is 3.97. The number of carbonyl (C=O) groups excluding carboxylic acids is 1. The average molecular weight is 467 g/mol. The number of allylic oxidation sites excluding steroid dienone is 2. The molecule has 1 unspecified atom stereocenters. The molecule has 5 rings (SSSR count). The van der Waals surface area contributed by atoms with Gasteiger partial charge >= 0.3 is 0 Å². The highest BCUT2D eigenvalue weighted by molar-refractivity contribution is 6.19. The number of Topliss-reactive ketones (excluding diaryl/α,β-unsaturated/α-hetero) is 1. The van der Waals surface area contributed by atoms with Gasteiger partial charge in [-0.1, -0.05) is 67.6 Å². The van der Waals surface area contributed by atoms with Gasteiger partial charge in [0.05, 0.1) is 0 Å². The van der Waals surface area contributed by atoms with Crippen molar-refractivity contribution in [3.05, 3.63) is 118 Å². The first-order valence-electron chi connectivity index (χ1n) is 12.0. The van der Waals surface area contributed by atoms with Crippen molar-refractivity contribution in [2.45, 2.75) is 38.5 Å². The Bertz CT molecular complexity index is 1360. The molecule has 1 atom stereocenters. The Balaban J connectivity index is 1.82. The largest absolute Gasteiger partial charge is 0.507 e. The van der Waals surface area contributed by atoms with Crippen molar-refractivity contribution >= 4 is 23.1 Å². The molecule has 1 aliphatic carbocycles. The number of nitrogens with zero attached hydrogens (tertiary/aromatic N) is 1. The molecule has 2 N–H and O–H groups in total. The van der Waals surface area contributed by atoms with Crippen LogP contribution in [0.25, 0.3) is 5.76 Å². The first-order valence-corrected chi connectivity index (χ1v) is 12.0. The van der Waals surface area contributed by atoms with Crippen molar-refractivity contribution in [2.24, 2.45) is 0 Å². The molecule has 0 spiro atoms. The third-order valence-electron chi connectivity index (χ3n) is 6.88. The molecule has 0 radical (unpaired) electrons. The fourth-order valence-corrected chi connectivity index (χ4v) is 5.13. The smallest absolute Gasteiger partial charge is 0.161 e. The number of rotatable bonds is 4. The van der Waals surface area contributed by atoms with Gasteiger partial charge in [-0.25, -0.2) is 4.39 Å². The van der Waals surface area contributed by atoms with E-state index in [1.807, 2.05) is 30.3 Å². The summed E-state index contributed by atoms with van der Waals surface area (Å²) in [5.41, 5.74) is 4.14. The van der Waals surface area contributed by atoms with E-state index in [1.54, 1.807) is 47.4 Å². The Morgan fingerprint density at radius 2 is 1.69 bits per heavy atom. The van der Waals surface area contributed by atoms with Gasteiger partial charge in [-0.3, -0.25) is 15.1 Å². The maximum Gasteiger partial charge on any atom is 0.161 e. The molecule has 0 saturated carbocycles. The van der Waals surface area contributed by atoms with Gasteiger partial charge in [0.1, 0.15) is 17.4 Å². The predicted molar refractivity (Wildman–Crippen MR) is 137 cm³/mol. The fraction of sp³-hybridized carbons (Fsp3) is 0.200. The summed E-state index contributed by atoms with van der Waals surface area (Å²) >= 11 is 0. The van der Waals surface area contributed by atoms with Crippen molar-refractivity contribution in [1.82, 2.24) is 0 Å². The average Bonchev–Trinajstić information content (AvgIpc) is 2.89. The molecule has 5 heteroatoms. The van der Waals surface area contributed by atoms with Crippen LogP contribution < -0.4 is 4.90 Å². The molecular weight excluding hydrogens is 439 g/mol. The van der Waals surface area contributed by atoms with E-state index < -0.39 is 11.7 Å². The van der Waals surface area contributed by atoms with Crippen LogP contribution in [-0.4, -0.2) is 16.7 Å². The van der Waals surface area contributed by atoms with Gasteiger partial charge in [0.2, 0.25) is 0 Å². The SMILES string of the molecule is CCc1ccc(N2C(=N)/C(=C(/O)c3ccccc3)C(c3ccccc3F)C3=C2CCCC3=O)cc1. The third-order valence-corrected chi connectivity index (χ3v) is 6.88. The molecule has 4 nitrogen and oxygen atoms in total. The summed E-state index contributed by atoms with van der Waals surface area (Å²) in [4.78, 5) is 15.2. The summed E-state index contributed by atoms with van der Waals surface area (Å²) in [5, 5.41) is 20.8.